The lowest BCUT2D eigenvalue weighted by Gasteiger charge is -2.36. The highest BCUT2D eigenvalue weighted by Crippen LogP contribution is 2.44. The smallest absolute Gasteiger partial charge is 0.183 e. The van der Waals surface area contributed by atoms with E-state index in [0.717, 1.165) is 27.8 Å². The SMILES string of the molecule is BrC(c1ccccc1)c1ccccc1-c1nnnn1C(c1ccccc1)(c1ccccc1)c1ccccc1. The van der Waals surface area contributed by atoms with Crippen molar-refractivity contribution in [2.75, 3.05) is 0 Å². The molecule has 0 amide bonds. The minimum Gasteiger partial charge on any atom is -0.205 e. The number of rotatable bonds is 7. The van der Waals surface area contributed by atoms with Crippen LogP contribution in [0.1, 0.15) is 32.6 Å². The van der Waals surface area contributed by atoms with E-state index < -0.39 is 5.54 Å². The van der Waals surface area contributed by atoms with Crippen LogP contribution in [-0.4, -0.2) is 20.2 Å². The monoisotopic (exact) mass is 556 g/mol. The standard InChI is InChI=1S/C33H25BrN4/c34-31(25-15-5-1-6-16-25)29-23-13-14-24-30(29)32-35-36-37-38(32)33(26-17-7-2-8-18-26,27-19-9-3-10-20-27)28-21-11-4-12-22-28/h1-24,31H. The molecular formula is C33H25BrN4. The van der Waals surface area contributed by atoms with Crippen molar-refractivity contribution in [1.29, 1.82) is 0 Å². The lowest BCUT2D eigenvalue weighted by atomic mass is 9.77. The molecule has 184 valence electrons. The van der Waals surface area contributed by atoms with Gasteiger partial charge in [0.2, 0.25) is 0 Å². The molecular weight excluding hydrogens is 532 g/mol. The van der Waals surface area contributed by atoms with Gasteiger partial charge in [0, 0.05) is 5.56 Å². The predicted molar refractivity (Wildman–Crippen MR) is 155 cm³/mol. The first-order valence-corrected chi connectivity index (χ1v) is 13.5. The van der Waals surface area contributed by atoms with Gasteiger partial charge in [-0.25, -0.2) is 4.68 Å². The first kappa shape index (κ1) is 24.0. The van der Waals surface area contributed by atoms with Gasteiger partial charge in [-0.05, 0) is 38.2 Å². The number of benzene rings is 5. The van der Waals surface area contributed by atoms with Crippen LogP contribution >= 0.6 is 15.9 Å². The van der Waals surface area contributed by atoms with Gasteiger partial charge in [0.1, 0.15) is 5.54 Å². The Balaban J connectivity index is 1.65. The van der Waals surface area contributed by atoms with Crippen molar-refractivity contribution in [3.63, 3.8) is 0 Å². The summed E-state index contributed by atoms with van der Waals surface area (Å²) < 4.78 is 1.98. The Bertz CT molecular complexity index is 1520. The summed E-state index contributed by atoms with van der Waals surface area (Å²) in [5, 5.41) is 13.6. The Labute approximate surface area is 230 Å². The topological polar surface area (TPSA) is 43.6 Å². The molecule has 38 heavy (non-hydrogen) atoms. The maximum Gasteiger partial charge on any atom is 0.183 e. The second-order valence-corrected chi connectivity index (χ2v) is 10.00. The minimum absolute atomic E-state index is 0.0235. The fourth-order valence-electron chi connectivity index (χ4n) is 5.21. The van der Waals surface area contributed by atoms with Gasteiger partial charge in [-0.1, -0.05) is 162 Å². The van der Waals surface area contributed by atoms with Crippen LogP contribution in [0.15, 0.2) is 146 Å². The number of alkyl halides is 1. The van der Waals surface area contributed by atoms with Crippen LogP contribution in [0.2, 0.25) is 0 Å². The summed E-state index contributed by atoms with van der Waals surface area (Å²) in [6, 6.07) is 50.1. The van der Waals surface area contributed by atoms with Crippen LogP contribution in [0.3, 0.4) is 0 Å². The lowest BCUT2D eigenvalue weighted by molar-refractivity contribution is 0.451. The zero-order chi connectivity index (χ0) is 25.8. The number of halogens is 1. The zero-order valence-electron chi connectivity index (χ0n) is 20.6. The Morgan fingerprint density at radius 3 is 1.53 bits per heavy atom. The molecule has 1 aromatic heterocycles. The van der Waals surface area contributed by atoms with Gasteiger partial charge >= 0.3 is 0 Å². The average Bonchev–Trinajstić information content (AvgIpc) is 3.49. The van der Waals surface area contributed by atoms with Crippen molar-refractivity contribution in [3.8, 4) is 11.4 Å². The van der Waals surface area contributed by atoms with E-state index in [1.807, 2.05) is 35.0 Å². The molecule has 5 heteroatoms. The molecule has 0 bridgehead atoms. The van der Waals surface area contributed by atoms with E-state index in [0.29, 0.717) is 5.82 Å². The van der Waals surface area contributed by atoms with Gasteiger partial charge in [0.25, 0.3) is 0 Å². The molecule has 4 nitrogen and oxygen atoms in total. The Morgan fingerprint density at radius 1 is 0.553 bits per heavy atom. The molecule has 0 aliphatic heterocycles. The van der Waals surface area contributed by atoms with Gasteiger partial charge in [0.15, 0.2) is 5.82 Å². The summed E-state index contributed by atoms with van der Waals surface area (Å²) in [6.07, 6.45) is 0. The summed E-state index contributed by atoms with van der Waals surface area (Å²) in [5.41, 5.74) is 5.64. The summed E-state index contributed by atoms with van der Waals surface area (Å²) in [6.45, 7) is 0. The van der Waals surface area contributed by atoms with E-state index in [1.54, 1.807) is 0 Å². The minimum atomic E-state index is -0.801. The summed E-state index contributed by atoms with van der Waals surface area (Å²) in [5.74, 6) is 0.692. The van der Waals surface area contributed by atoms with Gasteiger partial charge in [-0.3, -0.25) is 0 Å². The predicted octanol–water partition coefficient (Wildman–Crippen LogP) is 7.66. The zero-order valence-corrected chi connectivity index (χ0v) is 22.2. The number of tetrazole rings is 1. The third-order valence-corrected chi connectivity index (χ3v) is 7.95. The van der Waals surface area contributed by atoms with Crippen molar-refractivity contribution in [2.24, 2.45) is 0 Å². The van der Waals surface area contributed by atoms with Crippen molar-refractivity contribution in [2.45, 2.75) is 10.4 Å². The van der Waals surface area contributed by atoms with Gasteiger partial charge in [0.05, 0.1) is 4.83 Å². The molecule has 1 heterocycles. The second kappa shape index (κ2) is 10.6. The highest BCUT2D eigenvalue weighted by Gasteiger charge is 2.42. The fourth-order valence-corrected chi connectivity index (χ4v) is 5.91. The summed E-state index contributed by atoms with van der Waals surface area (Å²) in [7, 11) is 0. The summed E-state index contributed by atoms with van der Waals surface area (Å²) in [4.78, 5) is -0.0235. The highest BCUT2D eigenvalue weighted by molar-refractivity contribution is 9.09. The van der Waals surface area contributed by atoms with Crippen LogP contribution in [0.5, 0.6) is 0 Å². The van der Waals surface area contributed by atoms with E-state index in [1.165, 1.54) is 5.56 Å². The van der Waals surface area contributed by atoms with Crippen LogP contribution in [0.4, 0.5) is 0 Å². The largest absolute Gasteiger partial charge is 0.205 e. The maximum atomic E-state index is 4.71. The Kier molecular flexibility index (Phi) is 6.67. The van der Waals surface area contributed by atoms with Gasteiger partial charge in [-0.2, -0.15) is 0 Å². The molecule has 6 rings (SSSR count). The third kappa shape index (κ3) is 4.15. The molecule has 5 aromatic carbocycles. The first-order valence-electron chi connectivity index (χ1n) is 12.5. The van der Waals surface area contributed by atoms with Crippen molar-refractivity contribution >= 4 is 15.9 Å². The van der Waals surface area contributed by atoms with E-state index in [4.69, 9.17) is 5.21 Å². The van der Waals surface area contributed by atoms with Crippen LogP contribution < -0.4 is 0 Å². The normalized spacial score (nSPS) is 12.2. The second-order valence-electron chi connectivity index (χ2n) is 9.08. The molecule has 0 spiro atoms. The van der Waals surface area contributed by atoms with Crippen LogP contribution in [0, 0.1) is 0 Å². The molecule has 0 saturated carbocycles. The van der Waals surface area contributed by atoms with E-state index in [2.05, 4.69) is 142 Å². The van der Waals surface area contributed by atoms with Crippen LogP contribution in [-0.2, 0) is 5.54 Å². The quantitative estimate of drug-likeness (QED) is 0.150. The molecule has 0 N–H and O–H groups in total. The number of aromatic nitrogens is 4. The maximum absolute atomic E-state index is 4.71. The molecule has 0 fully saturated rings. The molecule has 1 unspecified atom stereocenters. The molecule has 0 aliphatic rings. The van der Waals surface area contributed by atoms with E-state index in [-0.39, 0.29) is 4.83 Å². The third-order valence-electron chi connectivity index (χ3n) is 6.93. The number of nitrogens with zero attached hydrogens (tertiary/aromatic N) is 4. The van der Waals surface area contributed by atoms with Crippen molar-refractivity contribution in [1.82, 2.24) is 20.2 Å². The highest BCUT2D eigenvalue weighted by atomic mass is 79.9. The van der Waals surface area contributed by atoms with Gasteiger partial charge < -0.3 is 0 Å². The Hall–Kier alpha value is -4.35. The molecule has 0 saturated heterocycles. The molecule has 0 radical (unpaired) electrons. The average molecular weight is 557 g/mol. The van der Waals surface area contributed by atoms with Crippen LogP contribution in [0.25, 0.3) is 11.4 Å². The molecule has 1 atom stereocenters. The molecule has 0 aliphatic carbocycles. The number of hydrogen-bond donors (Lipinski definition) is 0. The van der Waals surface area contributed by atoms with Crippen molar-refractivity contribution in [3.05, 3.63) is 173 Å². The lowest BCUT2D eigenvalue weighted by Crippen LogP contribution is -2.39. The first-order chi connectivity index (χ1) is 18.8. The van der Waals surface area contributed by atoms with Crippen molar-refractivity contribution < 1.29 is 0 Å². The van der Waals surface area contributed by atoms with E-state index >= 15 is 0 Å². The van der Waals surface area contributed by atoms with E-state index in [9.17, 15) is 0 Å². The molecule has 6 aromatic rings. The van der Waals surface area contributed by atoms with Gasteiger partial charge in [-0.15, -0.1) is 5.10 Å². The summed E-state index contributed by atoms with van der Waals surface area (Å²) >= 11 is 3.96. The Morgan fingerprint density at radius 2 is 1.00 bits per heavy atom. The number of hydrogen-bond acceptors (Lipinski definition) is 3. The fraction of sp³-hybridized carbons (Fsp3) is 0.0606.